The Labute approximate surface area is 123 Å². The van der Waals surface area contributed by atoms with Crippen molar-refractivity contribution < 1.29 is 0 Å². The normalized spacial score (nSPS) is 17.8. The Balaban J connectivity index is 1.66. The van der Waals surface area contributed by atoms with Crippen LogP contribution in [0.25, 0.3) is 0 Å². The van der Waals surface area contributed by atoms with Crippen LogP contribution in [0.2, 0.25) is 0 Å². The van der Waals surface area contributed by atoms with Gasteiger partial charge in [-0.05, 0) is 69.6 Å². The van der Waals surface area contributed by atoms with Gasteiger partial charge in [0.1, 0.15) is 0 Å². The van der Waals surface area contributed by atoms with Crippen LogP contribution >= 0.6 is 0 Å². The Morgan fingerprint density at radius 1 is 1.15 bits per heavy atom. The number of likely N-dealkylation sites (tertiary alicyclic amines) is 1. The molecule has 0 saturated carbocycles. The van der Waals surface area contributed by atoms with Gasteiger partial charge in [-0.1, -0.05) is 19.1 Å². The van der Waals surface area contributed by atoms with E-state index in [2.05, 4.69) is 35.9 Å². The summed E-state index contributed by atoms with van der Waals surface area (Å²) in [6, 6.07) is 8.32. The van der Waals surface area contributed by atoms with Crippen LogP contribution in [0.4, 0.5) is 5.69 Å². The number of nitrogens with two attached hydrogens (primary N) is 1. The van der Waals surface area contributed by atoms with Gasteiger partial charge in [0.25, 0.3) is 0 Å². The van der Waals surface area contributed by atoms with Crippen molar-refractivity contribution in [3.05, 3.63) is 29.8 Å². The molecule has 3 nitrogen and oxygen atoms in total. The fourth-order valence-corrected chi connectivity index (χ4v) is 2.84. The standard InChI is InChI=1S/C17H29N3/c1-15(16-5-7-17(18)8-6-16)9-12-19(2)13-14-20-10-3-4-11-20/h5-8,15H,3-4,9-14,18H2,1-2H3. The van der Waals surface area contributed by atoms with Crippen LogP contribution in [-0.2, 0) is 0 Å². The molecule has 3 heteroatoms. The first-order valence-corrected chi connectivity index (χ1v) is 7.91. The number of benzene rings is 1. The molecule has 0 amide bonds. The van der Waals surface area contributed by atoms with Crippen LogP contribution in [0, 0.1) is 0 Å². The second-order valence-corrected chi connectivity index (χ2v) is 6.21. The zero-order chi connectivity index (χ0) is 14.4. The summed E-state index contributed by atoms with van der Waals surface area (Å²) in [7, 11) is 2.24. The van der Waals surface area contributed by atoms with Gasteiger partial charge < -0.3 is 15.5 Å². The van der Waals surface area contributed by atoms with Crippen LogP contribution in [-0.4, -0.2) is 49.6 Å². The summed E-state index contributed by atoms with van der Waals surface area (Å²) >= 11 is 0. The van der Waals surface area contributed by atoms with Gasteiger partial charge in [0.15, 0.2) is 0 Å². The van der Waals surface area contributed by atoms with Gasteiger partial charge >= 0.3 is 0 Å². The molecule has 0 bridgehead atoms. The van der Waals surface area contributed by atoms with E-state index in [1.54, 1.807) is 0 Å². The molecule has 0 aromatic heterocycles. The van der Waals surface area contributed by atoms with Crippen molar-refractivity contribution in [2.24, 2.45) is 0 Å². The summed E-state index contributed by atoms with van der Waals surface area (Å²) in [5.41, 5.74) is 7.98. The molecule has 1 saturated heterocycles. The van der Waals surface area contributed by atoms with E-state index in [0.717, 1.165) is 5.69 Å². The molecule has 2 rings (SSSR count). The highest BCUT2D eigenvalue weighted by Gasteiger charge is 2.12. The number of likely N-dealkylation sites (N-methyl/N-ethyl adjacent to an activating group) is 1. The smallest absolute Gasteiger partial charge is 0.0314 e. The van der Waals surface area contributed by atoms with Gasteiger partial charge in [-0.3, -0.25) is 0 Å². The van der Waals surface area contributed by atoms with Gasteiger partial charge in [0.05, 0.1) is 0 Å². The maximum atomic E-state index is 5.74. The van der Waals surface area contributed by atoms with E-state index in [4.69, 9.17) is 5.73 Å². The number of nitrogens with zero attached hydrogens (tertiary/aromatic N) is 2. The maximum Gasteiger partial charge on any atom is 0.0314 e. The Bertz CT molecular complexity index is 382. The predicted molar refractivity (Wildman–Crippen MR) is 87.1 cm³/mol. The van der Waals surface area contributed by atoms with Crippen molar-refractivity contribution >= 4 is 5.69 Å². The van der Waals surface area contributed by atoms with Crippen LogP contribution in [0.1, 0.15) is 37.7 Å². The summed E-state index contributed by atoms with van der Waals surface area (Å²) in [5.74, 6) is 0.602. The molecule has 1 fully saturated rings. The molecule has 1 heterocycles. The van der Waals surface area contributed by atoms with Gasteiger partial charge in [-0.25, -0.2) is 0 Å². The van der Waals surface area contributed by atoms with E-state index in [-0.39, 0.29) is 0 Å². The molecule has 0 radical (unpaired) electrons. The van der Waals surface area contributed by atoms with Crippen molar-refractivity contribution in [3.63, 3.8) is 0 Å². The lowest BCUT2D eigenvalue weighted by Gasteiger charge is -2.22. The SMILES string of the molecule is CC(CCN(C)CCN1CCCC1)c1ccc(N)cc1. The highest BCUT2D eigenvalue weighted by atomic mass is 15.2. The van der Waals surface area contributed by atoms with Crippen molar-refractivity contribution in [3.8, 4) is 0 Å². The Morgan fingerprint density at radius 2 is 1.80 bits per heavy atom. The molecular weight excluding hydrogens is 246 g/mol. The summed E-state index contributed by atoms with van der Waals surface area (Å²) in [6.45, 7) is 8.49. The summed E-state index contributed by atoms with van der Waals surface area (Å²) in [6.07, 6.45) is 3.98. The van der Waals surface area contributed by atoms with Crippen molar-refractivity contribution in [2.75, 3.05) is 45.5 Å². The highest BCUT2D eigenvalue weighted by Crippen LogP contribution is 2.20. The van der Waals surface area contributed by atoms with E-state index in [0.29, 0.717) is 5.92 Å². The average molecular weight is 275 g/mol. The summed E-state index contributed by atoms with van der Waals surface area (Å²) < 4.78 is 0. The molecule has 0 aliphatic carbocycles. The zero-order valence-electron chi connectivity index (χ0n) is 13.0. The third-order valence-electron chi connectivity index (χ3n) is 4.45. The number of nitrogen functional groups attached to an aromatic ring is 1. The zero-order valence-corrected chi connectivity index (χ0v) is 13.0. The van der Waals surface area contributed by atoms with Gasteiger partial charge in [-0.2, -0.15) is 0 Å². The van der Waals surface area contributed by atoms with E-state index in [1.165, 1.54) is 57.5 Å². The number of rotatable bonds is 7. The minimum absolute atomic E-state index is 0.602. The molecule has 1 aliphatic rings. The van der Waals surface area contributed by atoms with E-state index in [9.17, 15) is 0 Å². The topological polar surface area (TPSA) is 32.5 Å². The first-order valence-electron chi connectivity index (χ1n) is 7.91. The molecule has 20 heavy (non-hydrogen) atoms. The van der Waals surface area contributed by atoms with Crippen LogP contribution < -0.4 is 5.73 Å². The predicted octanol–water partition coefficient (Wildman–Crippen LogP) is 2.79. The Hall–Kier alpha value is -1.06. The molecule has 112 valence electrons. The van der Waals surface area contributed by atoms with Gasteiger partial charge in [0.2, 0.25) is 0 Å². The summed E-state index contributed by atoms with van der Waals surface area (Å²) in [4.78, 5) is 5.05. The minimum atomic E-state index is 0.602. The van der Waals surface area contributed by atoms with E-state index >= 15 is 0 Å². The molecule has 1 unspecified atom stereocenters. The van der Waals surface area contributed by atoms with Crippen molar-refractivity contribution in [1.29, 1.82) is 0 Å². The van der Waals surface area contributed by atoms with Crippen molar-refractivity contribution in [2.45, 2.75) is 32.1 Å². The third kappa shape index (κ3) is 4.80. The Kier molecular flexibility index (Phi) is 5.86. The second kappa shape index (κ2) is 7.65. The monoisotopic (exact) mass is 275 g/mol. The van der Waals surface area contributed by atoms with Gasteiger partial charge in [-0.15, -0.1) is 0 Å². The first-order chi connectivity index (χ1) is 9.65. The Morgan fingerprint density at radius 3 is 2.45 bits per heavy atom. The lowest BCUT2D eigenvalue weighted by Crippen LogP contribution is -2.32. The maximum absolute atomic E-state index is 5.74. The third-order valence-corrected chi connectivity index (χ3v) is 4.45. The van der Waals surface area contributed by atoms with Crippen LogP contribution in [0.5, 0.6) is 0 Å². The van der Waals surface area contributed by atoms with Gasteiger partial charge in [0, 0.05) is 18.8 Å². The number of hydrogen-bond acceptors (Lipinski definition) is 3. The first kappa shape index (κ1) is 15.3. The largest absolute Gasteiger partial charge is 0.399 e. The van der Waals surface area contributed by atoms with E-state index in [1.807, 2.05) is 12.1 Å². The lowest BCUT2D eigenvalue weighted by molar-refractivity contribution is 0.252. The number of hydrogen-bond donors (Lipinski definition) is 1. The second-order valence-electron chi connectivity index (χ2n) is 6.21. The number of anilines is 1. The fourth-order valence-electron chi connectivity index (χ4n) is 2.84. The fraction of sp³-hybridized carbons (Fsp3) is 0.647. The molecule has 1 aromatic carbocycles. The van der Waals surface area contributed by atoms with Crippen LogP contribution in [0.15, 0.2) is 24.3 Å². The lowest BCUT2D eigenvalue weighted by atomic mass is 9.97. The molecule has 0 spiro atoms. The molecule has 1 atom stereocenters. The quantitative estimate of drug-likeness (QED) is 0.777. The highest BCUT2D eigenvalue weighted by molar-refractivity contribution is 5.40. The molecule has 1 aliphatic heterocycles. The van der Waals surface area contributed by atoms with E-state index < -0.39 is 0 Å². The molecule has 1 aromatic rings. The molecule has 2 N–H and O–H groups in total. The van der Waals surface area contributed by atoms with Crippen LogP contribution in [0.3, 0.4) is 0 Å². The average Bonchev–Trinajstić information content (AvgIpc) is 2.96. The minimum Gasteiger partial charge on any atom is -0.399 e. The molecular formula is C17H29N3. The van der Waals surface area contributed by atoms with Crippen molar-refractivity contribution in [1.82, 2.24) is 9.80 Å². The summed E-state index contributed by atoms with van der Waals surface area (Å²) in [5, 5.41) is 0.